The van der Waals surface area contributed by atoms with E-state index in [2.05, 4.69) is 10.9 Å². The molecule has 0 aliphatic carbocycles. The molecule has 1 rings (SSSR count). The van der Waals surface area contributed by atoms with Crippen LogP contribution in [0.2, 0.25) is 0 Å². The Labute approximate surface area is 88.7 Å². The van der Waals surface area contributed by atoms with Crippen LogP contribution in [-0.4, -0.2) is 13.0 Å². The van der Waals surface area contributed by atoms with Crippen LogP contribution in [0.3, 0.4) is 0 Å². The third-order valence-corrected chi connectivity index (χ3v) is 2.32. The van der Waals surface area contributed by atoms with Gasteiger partial charge in [0.05, 0.1) is 5.92 Å². The van der Waals surface area contributed by atoms with Crippen LogP contribution in [0.1, 0.15) is 24.0 Å². The molecule has 0 radical (unpaired) electrons. The van der Waals surface area contributed by atoms with E-state index in [1.165, 1.54) is 6.07 Å². The monoisotopic (exact) mass is 210 g/mol. The summed E-state index contributed by atoms with van der Waals surface area (Å²) in [6, 6.07) is 4.70. The number of nitrogens with one attached hydrogen (secondary N) is 2. The van der Waals surface area contributed by atoms with E-state index in [4.69, 9.17) is 0 Å². The van der Waals surface area contributed by atoms with E-state index in [9.17, 15) is 9.18 Å². The van der Waals surface area contributed by atoms with Crippen LogP contribution >= 0.6 is 0 Å². The van der Waals surface area contributed by atoms with Crippen molar-refractivity contribution in [3.63, 3.8) is 0 Å². The summed E-state index contributed by atoms with van der Waals surface area (Å²) in [4.78, 5) is 11.5. The van der Waals surface area contributed by atoms with Gasteiger partial charge in [0.15, 0.2) is 0 Å². The lowest BCUT2D eigenvalue weighted by Crippen LogP contribution is -2.37. The van der Waals surface area contributed by atoms with Gasteiger partial charge in [0.2, 0.25) is 5.91 Å². The molecular formula is C11H15FN2O. The Bertz CT molecular complexity index is 366. The zero-order valence-corrected chi connectivity index (χ0v) is 9.10. The summed E-state index contributed by atoms with van der Waals surface area (Å²) >= 11 is 0. The normalized spacial score (nSPS) is 12.3. The topological polar surface area (TPSA) is 41.1 Å². The fourth-order valence-electron chi connectivity index (χ4n) is 1.32. The predicted molar refractivity (Wildman–Crippen MR) is 56.8 cm³/mol. The van der Waals surface area contributed by atoms with Gasteiger partial charge in [-0.25, -0.2) is 9.82 Å². The van der Waals surface area contributed by atoms with Crippen molar-refractivity contribution in [3.8, 4) is 0 Å². The first-order chi connectivity index (χ1) is 7.06. The number of benzene rings is 1. The number of hydrogen-bond donors (Lipinski definition) is 2. The second-order valence-electron chi connectivity index (χ2n) is 3.47. The number of aryl methyl sites for hydroxylation is 1. The number of halogens is 1. The first-order valence-corrected chi connectivity index (χ1v) is 4.79. The van der Waals surface area contributed by atoms with Gasteiger partial charge in [-0.3, -0.25) is 10.2 Å². The highest BCUT2D eigenvalue weighted by Gasteiger charge is 2.14. The molecule has 0 bridgehead atoms. The van der Waals surface area contributed by atoms with Crippen molar-refractivity contribution in [2.75, 3.05) is 7.05 Å². The molecule has 0 aliphatic heterocycles. The molecule has 1 unspecified atom stereocenters. The first-order valence-electron chi connectivity index (χ1n) is 4.79. The van der Waals surface area contributed by atoms with Crippen molar-refractivity contribution in [1.29, 1.82) is 0 Å². The number of carbonyl (C=O) groups excluding carboxylic acids is 1. The quantitative estimate of drug-likeness (QED) is 0.742. The van der Waals surface area contributed by atoms with Crippen molar-refractivity contribution in [2.24, 2.45) is 0 Å². The molecule has 3 nitrogen and oxygen atoms in total. The van der Waals surface area contributed by atoms with E-state index < -0.39 is 0 Å². The lowest BCUT2D eigenvalue weighted by atomic mass is 9.99. The Morgan fingerprint density at radius 1 is 1.47 bits per heavy atom. The van der Waals surface area contributed by atoms with Gasteiger partial charge in [-0.2, -0.15) is 0 Å². The van der Waals surface area contributed by atoms with E-state index in [-0.39, 0.29) is 17.6 Å². The molecule has 15 heavy (non-hydrogen) atoms. The minimum atomic E-state index is -0.295. The van der Waals surface area contributed by atoms with Gasteiger partial charge in [0.1, 0.15) is 5.82 Å². The van der Waals surface area contributed by atoms with E-state index >= 15 is 0 Å². The summed E-state index contributed by atoms with van der Waals surface area (Å²) < 4.78 is 13.0. The summed E-state index contributed by atoms with van der Waals surface area (Å²) in [5.74, 6) is -0.680. The number of amides is 1. The van der Waals surface area contributed by atoms with Gasteiger partial charge in [-0.1, -0.05) is 12.1 Å². The first kappa shape index (κ1) is 11.7. The van der Waals surface area contributed by atoms with E-state index in [1.54, 1.807) is 33.0 Å². The summed E-state index contributed by atoms with van der Waals surface area (Å²) in [7, 11) is 1.63. The Morgan fingerprint density at radius 2 is 2.13 bits per heavy atom. The Morgan fingerprint density at radius 3 is 2.67 bits per heavy atom. The number of carbonyl (C=O) groups is 1. The minimum absolute atomic E-state index is 0.136. The van der Waals surface area contributed by atoms with Gasteiger partial charge >= 0.3 is 0 Å². The molecule has 1 atom stereocenters. The minimum Gasteiger partial charge on any atom is -0.291 e. The lowest BCUT2D eigenvalue weighted by Gasteiger charge is -2.12. The summed E-state index contributed by atoms with van der Waals surface area (Å²) in [5.41, 5.74) is 6.43. The van der Waals surface area contributed by atoms with E-state index in [0.717, 1.165) is 5.56 Å². The maximum atomic E-state index is 13.0. The van der Waals surface area contributed by atoms with Crippen LogP contribution in [0.4, 0.5) is 4.39 Å². The molecule has 0 saturated heterocycles. The van der Waals surface area contributed by atoms with E-state index in [1.807, 2.05) is 0 Å². The molecule has 0 fully saturated rings. The predicted octanol–water partition coefficient (Wildman–Crippen LogP) is 1.49. The summed E-state index contributed by atoms with van der Waals surface area (Å²) in [6.07, 6.45) is 0. The largest absolute Gasteiger partial charge is 0.291 e. The second kappa shape index (κ2) is 4.89. The number of rotatable bonds is 3. The molecule has 82 valence electrons. The molecule has 0 aliphatic rings. The molecular weight excluding hydrogens is 195 g/mol. The van der Waals surface area contributed by atoms with Crippen LogP contribution in [-0.2, 0) is 4.79 Å². The zero-order chi connectivity index (χ0) is 11.4. The molecule has 0 heterocycles. The smallest absolute Gasteiger partial charge is 0.241 e. The van der Waals surface area contributed by atoms with Gasteiger partial charge < -0.3 is 0 Å². The molecule has 2 N–H and O–H groups in total. The van der Waals surface area contributed by atoms with Crippen LogP contribution < -0.4 is 10.9 Å². The third kappa shape index (κ3) is 2.76. The molecule has 4 heteroatoms. The highest BCUT2D eigenvalue weighted by atomic mass is 19.1. The Balaban J connectivity index is 2.86. The molecule has 0 aromatic heterocycles. The summed E-state index contributed by atoms with van der Waals surface area (Å²) in [5, 5.41) is 0. The van der Waals surface area contributed by atoms with Gasteiger partial charge in [0, 0.05) is 7.05 Å². The fourth-order valence-corrected chi connectivity index (χ4v) is 1.32. The van der Waals surface area contributed by atoms with Gasteiger partial charge in [0.25, 0.3) is 0 Å². The van der Waals surface area contributed by atoms with Gasteiger partial charge in [-0.05, 0) is 31.0 Å². The SMILES string of the molecule is CNNC(=O)C(C)c1ccc(F)c(C)c1. The standard InChI is InChI=1S/C11H15FN2O/c1-7-6-9(4-5-10(7)12)8(2)11(15)14-13-3/h4-6,8,13H,1-3H3,(H,14,15). The maximum absolute atomic E-state index is 13.0. The average Bonchev–Trinajstić information content (AvgIpc) is 2.21. The maximum Gasteiger partial charge on any atom is 0.241 e. The highest BCUT2D eigenvalue weighted by Crippen LogP contribution is 2.18. The van der Waals surface area contributed by atoms with Crippen molar-refractivity contribution < 1.29 is 9.18 Å². The van der Waals surface area contributed by atoms with Crippen LogP contribution in [0, 0.1) is 12.7 Å². The number of hydrogen-bond acceptors (Lipinski definition) is 2. The van der Waals surface area contributed by atoms with Crippen molar-refractivity contribution in [1.82, 2.24) is 10.9 Å². The molecule has 1 amide bonds. The Hall–Kier alpha value is -1.42. The van der Waals surface area contributed by atoms with Crippen LogP contribution in [0.5, 0.6) is 0 Å². The molecule has 0 spiro atoms. The van der Waals surface area contributed by atoms with Crippen molar-refractivity contribution >= 4 is 5.91 Å². The van der Waals surface area contributed by atoms with Crippen molar-refractivity contribution in [2.45, 2.75) is 19.8 Å². The Kier molecular flexibility index (Phi) is 3.80. The molecule has 1 aromatic rings. The molecule has 1 aromatic carbocycles. The van der Waals surface area contributed by atoms with Crippen LogP contribution in [0.25, 0.3) is 0 Å². The summed E-state index contributed by atoms with van der Waals surface area (Å²) in [6.45, 7) is 3.46. The molecule has 0 saturated carbocycles. The van der Waals surface area contributed by atoms with Crippen LogP contribution in [0.15, 0.2) is 18.2 Å². The number of hydrazine groups is 1. The highest BCUT2D eigenvalue weighted by molar-refractivity contribution is 5.82. The second-order valence-corrected chi connectivity index (χ2v) is 3.47. The fraction of sp³-hybridized carbons (Fsp3) is 0.364. The lowest BCUT2D eigenvalue weighted by molar-refractivity contribution is -0.123. The third-order valence-electron chi connectivity index (χ3n) is 2.32. The van der Waals surface area contributed by atoms with Crippen molar-refractivity contribution in [3.05, 3.63) is 35.1 Å². The van der Waals surface area contributed by atoms with E-state index in [0.29, 0.717) is 5.56 Å². The van der Waals surface area contributed by atoms with Gasteiger partial charge in [-0.15, -0.1) is 0 Å². The zero-order valence-electron chi connectivity index (χ0n) is 9.10. The average molecular weight is 210 g/mol.